The van der Waals surface area contributed by atoms with Gasteiger partial charge in [0.15, 0.2) is 0 Å². The van der Waals surface area contributed by atoms with E-state index >= 15 is 0 Å². The Kier molecular flexibility index (Phi) is 4.94. The molecule has 0 spiro atoms. The van der Waals surface area contributed by atoms with Gasteiger partial charge >= 0.3 is 11.7 Å². The number of benzene rings is 1. The van der Waals surface area contributed by atoms with Crippen LogP contribution in [0.3, 0.4) is 0 Å². The maximum absolute atomic E-state index is 13.1. The number of rotatable bonds is 4. The maximum Gasteiger partial charge on any atom is 0.331 e. The summed E-state index contributed by atoms with van der Waals surface area (Å²) >= 11 is 0. The van der Waals surface area contributed by atoms with Gasteiger partial charge in [-0.05, 0) is 24.1 Å². The zero-order chi connectivity index (χ0) is 24.1. The second kappa shape index (κ2) is 8.15. The first kappa shape index (κ1) is 21.2. The first-order valence-electron chi connectivity index (χ1n) is 11.6. The summed E-state index contributed by atoms with van der Waals surface area (Å²) in [7, 11) is 1.82. The van der Waals surface area contributed by atoms with Crippen molar-refractivity contribution in [3.8, 4) is 17.1 Å². The van der Waals surface area contributed by atoms with Crippen molar-refractivity contribution in [1.29, 1.82) is 0 Å². The van der Waals surface area contributed by atoms with Crippen molar-refractivity contribution in [2.75, 3.05) is 11.9 Å². The quantitative estimate of drug-likeness (QED) is 0.476. The third-order valence-electron chi connectivity index (χ3n) is 6.81. The number of nitrogens with zero attached hydrogens (tertiary/aromatic N) is 6. The van der Waals surface area contributed by atoms with Crippen LogP contribution in [0, 0.1) is 0 Å². The monoisotopic (exact) mass is 471 g/mol. The minimum atomic E-state index is -0.317. The molecule has 10 heteroatoms. The third kappa shape index (κ3) is 3.67. The number of carbonyl (C=O) groups excluding carboxylic acids is 1. The van der Waals surface area contributed by atoms with Gasteiger partial charge in [0.25, 0.3) is 0 Å². The molecule has 35 heavy (non-hydrogen) atoms. The van der Waals surface area contributed by atoms with E-state index in [4.69, 9.17) is 0 Å². The van der Waals surface area contributed by atoms with Crippen LogP contribution < -0.4 is 11.0 Å². The fourth-order valence-electron chi connectivity index (χ4n) is 4.93. The van der Waals surface area contributed by atoms with Crippen LogP contribution in [0.4, 0.5) is 10.5 Å². The highest BCUT2D eigenvalue weighted by Gasteiger charge is 2.44. The molecule has 1 saturated carbocycles. The minimum absolute atomic E-state index is 0.0478. The van der Waals surface area contributed by atoms with Gasteiger partial charge in [0.1, 0.15) is 5.69 Å². The van der Waals surface area contributed by atoms with E-state index in [0.29, 0.717) is 30.2 Å². The Bertz CT molecular complexity index is 1470. The van der Waals surface area contributed by atoms with Gasteiger partial charge in [-0.2, -0.15) is 5.10 Å². The summed E-state index contributed by atoms with van der Waals surface area (Å²) in [6.45, 7) is 0.829. The highest BCUT2D eigenvalue weighted by molar-refractivity contribution is 5.93. The van der Waals surface area contributed by atoms with E-state index in [9.17, 15) is 14.7 Å². The zero-order valence-electron chi connectivity index (χ0n) is 19.2. The number of nitrogens with one attached hydrogen (secondary N) is 1. The molecule has 6 rings (SSSR count). The SMILES string of the molecule is Cn1cc(-c2ncccc2NC(=O)N2CCn3c(c(O)n([C@H]4C[C@@H]4c4ccccc4)c3=O)C2)cn1. The lowest BCUT2D eigenvalue weighted by atomic mass is 10.1. The summed E-state index contributed by atoms with van der Waals surface area (Å²) in [6, 6.07) is 13.2. The van der Waals surface area contributed by atoms with Crippen molar-refractivity contribution in [2.45, 2.75) is 31.5 Å². The minimum Gasteiger partial charge on any atom is -0.493 e. The Morgan fingerprint density at radius 2 is 1.97 bits per heavy atom. The van der Waals surface area contributed by atoms with Crippen LogP contribution in [0.25, 0.3) is 11.3 Å². The molecular formula is C25H25N7O3. The molecule has 2 aliphatic rings. The van der Waals surface area contributed by atoms with Crippen molar-refractivity contribution < 1.29 is 9.90 Å². The number of hydrogen-bond acceptors (Lipinski definition) is 5. The highest BCUT2D eigenvalue weighted by Crippen LogP contribution is 2.52. The predicted molar refractivity (Wildman–Crippen MR) is 129 cm³/mol. The van der Waals surface area contributed by atoms with Crippen molar-refractivity contribution >= 4 is 11.7 Å². The molecule has 4 aromatic rings. The van der Waals surface area contributed by atoms with Gasteiger partial charge in [-0.25, -0.2) is 9.59 Å². The number of imidazole rings is 1. The molecule has 3 aromatic heterocycles. The topological polar surface area (TPSA) is 110 Å². The molecule has 1 aliphatic carbocycles. The van der Waals surface area contributed by atoms with E-state index < -0.39 is 0 Å². The molecule has 2 amide bonds. The Hall–Kier alpha value is -4.34. The first-order chi connectivity index (χ1) is 17.0. The van der Waals surface area contributed by atoms with Crippen LogP contribution in [0.2, 0.25) is 0 Å². The highest BCUT2D eigenvalue weighted by atomic mass is 16.3. The smallest absolute Gasteiger partial charge is 0.331 e. The summed E-state index contributed by atoms with van der Waals surface area (Å²) in [5.74, 6) is 0.161. The lowest BCUT2D eigenvalue weighted by molar-refractivity contribution is 0.195. The third-order valence-corrected chi connectivity index (χ3v) is 6.81. The number of anilines is 1. The predicted octanol–water partition coefficient (Wildman–Crippen LogP) is 2.93. The van der Waals surface area contributed by atoms with Gasteiger partial charge in [0.05, 0.1) is 24.1 Å². The van der Waals surface area contributed by atoms with Gasteiger partial charge in [-0.1, -0.05) is 30.3 Å². The Morgan fingerprint density at radius 1 is 1.14 bits per heavy atom. The lowest BCUT2D eigenvalue weighted by Crippen LogP contribution is -2.42. The van der Waals surface area contributed by atoms with E-state index in [2.05, 4.69) is 15.4 Å². The number of amides is 2. The van der Waals surface area contributed by atoms with E-state index in [0.717, 1.165) is 17.5 Å². The molecule has 0 unspecified atom stereocenters. The molecular weight excluding hydrogens is 446 g/mol. The Labute approximate surface area is 201 Å². The van der Waals surface area contributed by atoms with Gasteiger partial charge in [0, 0.05) is 50.1 Å². The van der Waals surface area contributed by atoms with Gasteiger partial charge in [-0.15, -0.1) is 0 Å². The molecule has 0 saturated heterocycles. The van der Waals surface area contributed by atoms with Crippen molar-refractivity contribution in [3.05, 3.63) is 82.8 Å². The average molecular weight is 472 g/mol. The summed E-state index contributed by atoms with van der Waals surface area (Å²) < 4.78 is 4.76. The van der Waals surface area contributed by atoms with Crippen molar-refractivity contribution in [1.82, 2.24) is 28.8 Å². The van der Waals surface area contributed by atoms with E-state index in [1.807, 2.05) is 43.6 Å². The van der Waals surface area contributed by atoms with Gasteiger partial charge in [-0.3, -0.25) is 18.8 Å². The Balaban J connectivity index is 1.22. The summed E-state index contributed by atoms with van der Waals surface area (Å²) in [5.41, 5.74) is 3.40. The van der Waals surface area contributed by atoms with Crippen molar-refractivity contribution in [2.24, 2.45) is 7.05 Å². The van der Waals surface area contributed by atoms with Gasteiger partial charge in [0.2, 0.25) is 5.88 Å². The van der Waals surface area contributed by atoms with E-state index in [-0.39, 0.29) is 36.1 Å². The number of fused-ring (bicyclic) bond motifs is 1. The summed E-state index contributed by atoms with van der Waals surface area (Å²) in [5, 5.41) is 18.1. The Morgan fingerprint density at radius 3 is 2.74 bits per heavy atom. The van der Waals surface area contributed by atoms with Crippen LogP contribution in [-0.2, 0) is 20.1 Å². The maximum atomic E-state index is 13.1. The molecule has 10 nitrogen and oxygen atoms in total. The second-order valence-electron chi connectivity index (χ2n) is 9.05. The van der Waals surface area contributed by atoms with Crippen LogP contribution in [0.5, 0.6) is 5.88 Å². The molecule has 1 fully saturated rings. The molecule has 2 N–H and O–H groups in total. The van der Waals surface area contributed by atoms with Crippen molar-refractivity contribution in [3.63, 3.8) is 0 Å². The number of hydrogen-bond donors (Lipinski definition) is 2. The number of pyridine rings is 1. The van der Waals surface area contributed by atoms with E-state index in [1.54, 1.807) is 38.7 Å². The van der Waals surface area contributed by atoms with Crippen LogP contribution >= 0.6 is 0 Å². The summed E-state index contributed by atoms with van der Waals surface area (Å²) in [6.07, 6.45) is 6.00. The van der Waals surface area contributed by atoms with Crippen LogP contribution in [0.15, 0.2) is 65.8 Å². The largest absolute Gasteiger partial charge is 0.493 e. The number of carbonyl (C=O) groups is 1. The first-order valence-corrected chi connectivity index (χ1v) is 11.6. The molecule has 4 heterocycles. The summed E-state index contributed by atoms with van der Waals surface area (Å²) in [4.78, 5) is 32.2. The average Bonchev–Trinajstić information content (AvgIpc) is 3.47. The van der Waals surface area contributed by atoms with Gasteiger partial charge < -0.3 is 15.3 Å². The molecule has 0 bridgehead atoms. The number of aromatic hydroxyl groups is 1. The van der Waals surface area contributed by atoms with Crippen LogP contribution in [-0.4, -0.2) is 46.5 Å². The number of aromatic nitrogens is 5. The standard InChI is InChI=1S/C25H25N7O3/c1-29-14-17(13-27-29)22-19(8-5-9-26-22)28-24(34)30-10-11-31-21(15-30)23(33)32(25(31)35)20-12-18(20)16-6-3-2-4-7-16/h2-9,13-14,18,20,33H,10-12,15H2,1H3,(H,28,34)/t18-,20+/m1/s1. The molecule has 2 atom stereocenters. The fraction of sp³-hybridized carbons (Fsp3) is 0.280. The second-order valence-corrected chi connectivity index (χ2v) is 9.05. The zero-order valence-corrected chi connectivity index (χ0v) is 19.2. The van der Waals surface area contributed by atoms with E-state index in [1.165, 1.54) is 4.57 Å². The normalized spacial score (nSPS) is 18.8. The lowest BCUT2D eigenvalue weighted by Gasteiger charge is -2.28. The molecule has 178 valence electrons. The number of urea groups is 1. The van der Waals surface area contributed by atoms with Crippen LogP contribution in [0.1, 0.15) is 29.6 Å². The number of aryl methyl sites for hydroxylation is 1. The molecule has 1 aromatic carbocycles. The fourth-order valence-corrected chi connectivity index (χ4v) is 4.93. The molecule has 0 radical (unpaired) electrons. The molecule has 1 aliphatic heterocycles.